The number of nitrogens with one attached hydrogen (secondary N) is 2. The van der Waals surface area contributed by atoms with Gasteiger partial charge in [-0.1, -0.05) is 12.1 Å². The zero-order chi connectivity index (χ0) is 23.3. The van der Waals surface area contributed by atoms with Crippen molar-refractivity contribution in [2.24, 2.45) is 9.98 Å². The fraction of sp³-hybridized carbons (Fsp3) is 0.273. The van der Waals surface area contributed by atoms with Crippen LogP contribution in [0.25, 0.3) is 0 Å². The molecule has 0 saturated heterocycles. The Labute approximate surface area is 185 Å². The van der Waals surface area contributed by atoms with Gasteiger partial charge in [-0.25, -0.2) is 9.59 Å². The molecular formula is C22H26N4O6. The quantitative estimate of drug-likeness (QED) is 0.199. The third-order valence-electron chi connectivity index (χ3n) is 4.37. The molecule has 0 unspecified atom stereocenters. The van der Waals surface area contributed by atoms with E-state index in [4.69, 9.17) is 10.2 Å². The Morgan fingerprint density at radius 2 is 1.12 bits per heavy atom. The number of aliphatic imine (C=N–C) groups is 2. The van der Waals surface area contributed by atoms with Gasteiger partial charge in [-0.3, -0.25) is 9.98 Å². The first-order valence-electron chi connectivity index (χ1n) is 9.93. The number of aromatic hydroxyl groups is 2. The van der Waals surface area contributed by atoms with E-state index >= 15 is 0 Å². The van der Waals surface area contributed by atoms with Crippen LogP contribution in [0, 0.1) is 0 Å². The molecule has 0 saturated carbocycles. The van der Waals surface area contributed by atoms with Gasteiger partial charge < -0.3 is 31.1 Å². The molecule has 0 aliphatic heterocycles. The molecule has 170 valence electrons. The van der Waals surface area contributed by atoms with E-state index in [1.165, 1.54) is 24.6 Å². The summed E-state index contributed by atoms with van der Waals surface area (Å²) in [5, 5.41) is 44.1. The maximum atomic E-state index is 11.0. The highest BCUT2D eigenvalue weighted by Crippen LogP contribution is 2.21. The van der Waals surface area contributed by atoms with Crippen molar-refractivity contribution in [3.05, 3.63) is 58.7 Å². The number of para-hydroxylation sites is 2. The van der Waals surface area contributed by atoms with Gasteiger partial charge in [0.2, 0.25) is 0 Å². The molecule has 0 radical (unpaired) electrons. The number of hydrogen-bond donors (Lipinski definition) is 6. The molecule has 0 bridgehead atoms. The summed E-state index contributed by atoms with van der Waals surface area (Å²) in [7, 11) is 0. The summed E-state index contributed by atoms with van der Waals surface area (Å²) < 4.78 is 0. The van der Waals surface area contributed by atoms with E-state index in [-0.39, 0.29) is 22.6 Å². The van der Waals surface area contributed by atoms with Crippen molar-refractivity contribution in [1.29, 1.82) is 0 Å². The van der Waals surface area contributed by atoms with Gasteiger partial charge in [0, 0.05) is 49.7 Å². The zero-order valence-corrected chi connectivity index (χ0v) is 17.4. The number of carboxylic acid groups (broad SMARTS) is 2. The molecule has 6 N–H and O–H groups in total. The molecule has 0 spiro atoms. The molecule has 10 heteroatoms. The highest BCUT2D eigenvalue weighted by Gasteiger charge is 2.12. The first kappa shape index (κ1) is 24.5. The number of phenols is 2. The number of benzene rings is 2. The summed E-state index contributed by atoms with van der Waals surface area (Å²) >= 11 is 0. The van der Waals surface area contributed by atoms with Crippen LogP contribution in [0.15, 0.2) is 46.4 Å². The number of nitrogens with zero attached hydrogens (tertiary/aromatic N) is 2. The van der Waals surface area contributed by atoms with Crippen molar-refractivity contribution in [2.75, 3.05) is 39.3 Å². The minimum atomic E-state index is -1.19. The van der Waals surface area contributed by atoms with E-state index in [0.29, 0.717) is 50.4 Å². The maximum Gasteiger partial charge on any atom is 0.339 e. The van der Waals surface area contributed by atoms with Gasteiger partial charge in [0.1, 0.15) is 22.6 Å². The molecule has 0 aliphatic rings. The Morgan fingerprint density at radius 3 is 1.50 bits per heavy atom. The van der Waals surface area contributed by atoms with Crippen molar-refractivity contribution in [3.63, 3.8) is 0 Å². The Kier molecular flexibility index (Phi) is 9.82. The third-order valence-corrected chi connectivity index (χ3v) is 4.37. The van der Waals surface area contributed by atoms with Gasteiger partial charge in [-0.15, -0.1) is 0 Å². The number of aromatic carboxylic acids is 2. The van der Waals surface area contributed by atoms with Gasteiger partial charge in [-0.05, 0) is 24.3 Å². The number of rotatable bonds is 13. The second kappa shape index (κ2) is 12.8. The van der Waals surface area contributed by atoms with E-state index in [0.717, 1.165) is 0 Å². The lowest BCUT2D eigenvalue weighted by Crippen LogP contribution is -2.30. The van der Waals surface area contributed by atoms with Crippen LogP contribution in [0.1, 0.15) is 31.8 Å². The smallest absolute Gasteiger partial charge is 0.339 e. The molecule has 0 aliphatic carbocycles. The first-order valence-corrected chi connectivity index (χ1v) is 9.93. The van der Waals surface area contributed by atoms with Crippen molar-refractivity contribution >= 4 is 24.4 Å². The van der Waals surface area contributed by atoms with Crippen molar-refractivity contribution in [3.8, 4) is 11.5 Å². The molecule has 0 fully saturated rings. The standard InChI is InChI=1S/C22H26N4O6/c27-19-15(3-1-5-17(19)21(29)30)13-25-11-9-23-7-8-24-10-12-26-14-16-4-2-6-18(20(16)28)22(31)32/h1-6,13-14,23-24,27-28H,7-12H2,(H,29,30)(H,31,32). The van der Waals surface area contributed by atoms with Gasteiger partial charge >= 0.3 is 11.9 Å². The van der Waals surface area contributed by atoms with Crippen LogP contribution >= 0.6 is 0 Å². The molecule has 0 heterocycles. The normalized spacial score (nSPS) is 11.4. The minimum Gasteiger partial charge on any atom is -0.506 e. The molecular weight excluding hydrogens is 416 g/mol. The summed E-state index contributed by atoms with van der Waals surface area (Å²) in [5.41, 5.74) is 0.395. The van der Waals surface area contributed by atoms with Crippen LogP contribution in [0.3, 0.4) is 0 Å². The molecule has 0 atom stereocenters. The van der Waals surface area contributed by atoms with Crippen LogP contribution in [-0.4, -0.2) is 84.1 Å². The van der Waals surface area contributed by atoms with Gasteiger partial charge in [0.05, 0.1) is 13.1 Å². The molecule has 10 nitrogen and oxygen atoms in total. The molecule has 32 heavy (non-hydrogen) atoms. The minimum absolute atomic E-state index is 0.159. The molecule has 2 aromatic rings. The molecule has 2 aromatic carbocycles. The van der Waals surface area contributed by atoms with E-state index in [9.17, 15) is 19.8 Å². The predicted octanol–water partition coefficient (Wildman–Crippen LogP) is 1.21. The number of carbonyl (C=O) groups is 2. The van der Waals surface area contributed by atoms with Crippen LogP contribution in [0.4, 0.5) is 0 Å². The van der Waals surface area contributed by atoms with Crippen molar-refractivity contribution < 1.29 is 30.0 Å². The molecule has 0 aromatic heterocycles. The maximum absolute atomic E-state index is 11.0. The SMILES string of the molecule is O=C(O)c1cccc(C=NCCNCCNCCN=Cc2cccc(C(=O)O)c2O)c1O. The topological polar surface area (TPSA) is 164 Å². The predicted molar refractivity (Wildman–Crippen MR) is 121 cm³/mol. The van der Waals surface area contributed by atoms with E-state index in [1.54, 1.807) is 24.3 Å². The zero-order valence-electron chi connectivity index (χ0n) is 17.4. The van der Waals surface area contributed by atoms with Gasteiger partial charge in [0.25, 0.3) is 0 Å². The fourth-order valence-corrected chi connectivity index (χ4v) is 2.72. The summed E-state index contributed by atoms with van der Waals surface area (Å²) in [5.74, 6) is -2.98. The average molecular weight is 442 g/mol. The summed E-state index contributed by atoms with van der Waals surface area (Å²) in [6, 6.07) is 8.94. The van der Waals surface area contributed by atoms with Crippen molar-refractivity contribution in [2.45, 2.75) is 0 Å². The Balaban J connectivity index is 1.58. The lowest BCUT2D eigenvalue weighted by atomic mass is 10.1. The Morgan fingerprint density at radius 1 is 0.719 bits per heavy atom. The number of hydrogen-bond acceptors (Lipinski definition) is 8. The molecule has 0 amide bonds. The summed E-state index contributed by atoms with van der Waals surface area (Å²) in [6.45, 7) is 3.60. The molecule has 2 rings (SSSR count). The van der Waals surface area contributed by atoms with Crippen LogP contribution < -0.4 is 10.6 Å². The highest BCUT2D eigenvalue weighted by atomic mass is 16.4. The lowest BCUT2D eigenvalue weighted by Gasteiger charge is -2.05. The monoisotopic (exact) mass is 442 g/mol. The van der Waals surface area contributed by atoms with Gasteiger partial charge in [-0.2, -0.15) is 0 Å². The highest BCUT2D eigenvalue weighted by molar-refractivity contribution is 5.96. The second-order valence-electron chi connectivity index (χ2n) is 6.67. The summed E-state index contributed by atoms with van der Waals surface area (Å²) in [4.78, 5) is 30.3. The fourth-order valence-electron chi connectivity index (χ4n) is 2.72. The lowest BCUT2D eigenvalue weighted by molar-refractivity contribution is 0.0682. The Hall–Kier alpha value is -3.76. The largest absolute Gasteiger partial charge is 0.506 e. The van der Waals surface area contributed by atoms with Gasteiger partial charge in [0.15, 0.2) is 0 Å². The van der Waals surface area contributed by atoms with Crippen molar-refractivity contribution in [1.82, 2.24) is 10.6 Å². The van der Waals surface area contributed by atoms with E-state index in [1.807, 2.05) is 0 Å². The van der Waals surface area contributed by atoms with E-state index in [2.05, 4.69) is 20.6 Å². The first-order chi connectivity index (χ1) is 15.4. The van der Waals surface area contributed by atoms with Crippen LogP contribution in [-0.2, 0) is 0 Å². The average Bonchev–Trinajstić information content (AvgIpc) is 2.76. The van der Waals surface area contributed by atoms with E-state index < -0.39 is 11.9 Å². The summed E-state index contributed by atoms with van der Waals surface area (Å²) in [6.07, 6.45) is 2.90. The Bertz CT molecular complexity index is 911. The number of carboxylic acids is 2. The van der Waals surface area contributed by atoms with Crippen LogP contribution in [0.2, 0.25) is 0 Å². The second-order valence-corrected chi connectivity index (χ2v) is 6.67. The van der Waals surface area contributed by atoms with Crippen LogP contribution in [0.5, 0.6) is 11.5 Å². The third kappa shape index (κ3) is 7.49.